The van der Waals surface area contributed by atoms with Crippen LogP contribution in [0.2, 0.25) is 0 Å². The van der Waals surface area contributed by atoms with Gasteiger partial charge in [0.25, 0.3) is 0 Å². The van der Waals surface area contributed by atoms with Gasteiger partial charge < -0.3 is 14.0 Å². The van der Waals surface area contributed by atoms with Crippen molar-refractivity contribution in [3.8, 4) is 16.9 Å². The molecule has 0 unspecified atom stereocenters. The summed E-state index contributed by atoms with van der Waals surface area (Å²) in [4.78, 5) is 16.6. The Morgan fingerprint density at radius 3 is 2.12 bits per heavy atom. The first kappa shape index (κ1) is 31.7. The third-order valence-corrected chi connectivity index (χ3v) is 6.55. The molecule has 4 aromatic rings. The SMILES string of the molecule is COC(=O)c1ccc(Cn2cc(/C=C/C=C(Cl)\C=C(/C)Cl)nc2Cc2ccc(-c3ccc(OC(F)(F)F)cc3)cc2)cc1. The molecule has 0 radical (unpaired) electrons. The normalized spacial score (nSPS) is 12.5. The minimum Gasteiger partial charge on any atom is -0.465 e. The molecule has 5 nitrogen and oxygen atoms in total. The van der Waals surface area contributed by atoms with E-state index in [1.54, 1.807) is 49.4 Å². The largest absolute Gasteiger partial charge is 0.573 e. The van der Waals surface area contributed by atoms with Crippen molar-refractivity contribution in [2.24, 2.45) is 0 Å². The summed E-state index contributed by atoms with van der Waals surface area (Å²) in [6, 6.07) is 20.7. The van der Waals surface area contributed by atoms with Crippen LogP contribution in [-0.4, -0.2) is 29.0 Å². The Balaban J connectivity index is 1.55. The van der Waals surface area contributed by atoms with Gasteiger partial charge in [0.2, 0.25) is 0 Å². The van der Waals surface area contributed by atoms with E-state index < -0.39 is 12.3 Å². The van der Waals surface area contributed by atoms with E-state index in [9.17, 15) is 18.0 Å². The number of aromatic nitrogens is 2. The van der Waals surface area contributed by atoms with Crippen molar-refractivity contribution < 1.29 is 27.4 Å². The molecule has 0 spiro atoms. The second-order valence-corrected chi connectivity index (χ2v) is 10.5. The highest BCUT2D eigenvalue weighted by atomic mass is 35.5. The number of imidazole rings is 1. The van der Waals surface area contributed by atoms with E-state index in [-0.39, 0.29) is 5.75 Å². The number of methoxy groups -OCH3 is 1. The molecule has 0 N–H and O–H groups in total. The number of carbonyl (C=O) groups excluding carboxylic acids is 1. The fraction of sp³-hybridized carbons (Fsp3) is 0.152. The molecule has 3 aromatic carbocycles. The topological polar surface area (TPSA) is 53.4 Å². The third kappa shape index (κ3) is 9.63. The van der Waals surface area contributed by atoms with Gasteiger partial charge in [0.05, 0.1) is 18.4 Å². The molecule has 0 aliphatic heterocycles. The molecule has 4 rings (SSSR count). The monoisotopic (exact) mass is 626 g/mol. The minimum atomic E-state index is -4.73. The van der Waals surface area contributed by atoms with Crippen LogP contribution >= 0.6 is 23.2 Å². The minimum absolute atomic E-state index is 0.270. The maximum absolute atomic E-state index is 12.5. The van der Waals surface area contributed by atoms with Crippen LogP contribution in [0.5, 0.6) is 5.75 Å². The number of hydrogen-bond donors (Lipinski definition) is 0. The van der Waals surface area contributed by atoms with Crippen molar-refractivity contribution >= 4 is 35.2 Å². The van der Waals surface area contributed by atoms with Crippen molar-refractivity contribution in [1.29, 1.82) is 0 Å². The number of nitrogens with zero attached hydrogens (tertiary/aromatic N) is 2. The smallest absolute Gasteiger partial charge is 0.465 e. The van der Waals surface area contributed by atoms with Gasteiger partial charge in [-0.15, -0.1) is 13.2 Å². The number of rotatable bonds is 10. The number of carbonyl (C=O) groups is 1. The Hall–Kier alpha value is -4.27. The first-order chi connectivity index (χ1) is 20.5. The van der Waals surface area contributed by atoms with E-state index in [1.807, 2.05) is 53.2 Å². The van der Waals surface area contributed by atoms with Crippen molar-refractivity contribution in [3.05, 3.63) is 135 Å². The molecule has 0 aliphatic rings. The first-order valence-corrected chi connectivity index (χ1v) is 13.8. The van der Waals surface area contributed by atoms with Gasteiger partial charge in [-0.2, -0.15) is 0 Å². The van der Waals surface area contributed by atoms with E-state index in [2.05, 4.69) is 4.74 Å². The first-order valence-electron chi connectivity index (χ1n) is 13.0. The Kier molecular flexibility index (Phi) is 10.5. The van der Waals surface area contributed by atoms with Crippen molar-refractivity contribution in [2.75, 3.05) is 7.11 Å². The maximum atomic E-state index is 12.5. The maximum Gasteiger partial charge on any atom is 0.573 e. The molecule has 0 atom stereocenters. The Bertz CT molecular complexity index is 1630. The fourth-order valence-corrected chi connectivity index (χ4v) is 4.63. The Labute approximate surface area is 257 Å². The van der Waals surface area contributed by atoms with Crippen molar-refractivity contribution in [1.82, 2.24) is 9.55 Å². The molecule has 43 heavy (non-hydrogen) atoms. The lowest BCUT2D eigenvalue weighted by atomic mass is 10.0. The Morgan fingerprint density at radius 2 is 1.53 bits per heavy atom. The summed E-state index contributed by atoms with van der Waals surface area (Å²) in [5.74, 6) is 0.139. The lowest BCUT2D eigenvalue weighted by molar-refractivity contribution is -0.274. The quantitative estimate of drug-likeness (QED) is 0.130. The summed E-state index contributed by atoms with van der Waals surface area (Å²) in [6.07, 6.45) is 4.72. The molecule has 0 saturated carbocycles. The molecular weight excluding hydrogens is 600 g/mol. The fourth-order valence-electron chi connectivity index (χ4n) is 4.22. The third-order valence-electron chi connectivity index (χ3n) is 6.20. The van der Waals surface area contributed by atoms with Crippen molar-refractivity contribution in [2.45, 2.75) is 26.3 Å². The summed E-state index contributed by atoms with van der Waals surface area (Å²) < 4.78 is 48.2. The van der Waals surface area contributed by atoms with Gasteiger partial charge in [-0.05, 0) is 71.7 Å². The molecule has 0 bridgehead atoms. The summed E-state index contributed by atoms with van der Waals surface area (Å²) in [5.41, 5.74) is 4.77. The number of alkyl halides is 3. The molecule has 10 heteroatoms. The van der Waals surface area contributed by atoms with Crippen LogP contribution in [-0.2, 0) is 17.7 Å². The van der Waals surface area contributed by atoms with E-state index >= 15 is 0 Å². The second kappa shape index (κ2) is 14.3. The van der Waals surface area contributed by atoms with Gasteiger partial charge in [0, 0.05) is 29.2 Å². The molecule has 0 amide bonds. The number of benzene rings is 3. The van der Waals surface area contributed by atoms with Gasteiger partial charge in [0.15, 0.2) is 0 Å². The molecular formula is C33H27Cl2F3N2O3. The zero-order valence-electron chi connectivity index (χ0n) is 23.2. The average molecular weight is 627 g/mol. The molecule has 1 aromatic heterocycles. The average Bonchev–Trinajstić information content (AvgIpc) is 3.33. The summed E-state index contributed by atoms with van der Waals surface area (Å²) in [6.45, 7) is 2.26. The van der Waals surface area contributed by atoms with Crippen LogP contribution in [0.1, 0.15) is 39.9 Å². The molecule has 1 heterocycles. The lowest BCUT2D eigenvalue weighted by Gasteiger charge is -2.10. The molecule has 0 aliphatic carbocycles. The highest BCUT2D eigenvalue weighted by molar-refractivity contribution is 6.34. The van der Waals surface area contributed by atoms with Crippen LogP contribution in [0.15, 0.2) is 107 Å². The Morgan fingerprint density at radius 1 is 0.930 bits per heavy atom. The predicted octanol–water partition coefficient (Wildman–Crippen LogP) is 9.15. The lowest BCUT2D eigenvalue weighted by Crippen LogP contribution is -2.16. The zero-order chi connectivity index (χ0) is 31.0. The van der Waals surface area contributed by atoms with E-state index in [0.717, 1.165) is 33.8 Å². The number of allylic oxidation sites excluding steroid dienone is 5. The highest BCUT2D eigenvalue weighted by Gasteiger charge is 2.31. The number of halogens is 5. The van der Waals surface area contributed by atoms with E-state index in [0.29, 0.717) is 28.6 Å². The van der Waals surface area contributed by atoms with Gasteiger partial charge in [-0.25, -0.2) is 9.78 Å². The van der Waals surface area contributed by atoms with E-state index in [1.165, 1.54) is 19.2 Å². The highest BCUT2D eigenvalue weighted by Crippen LogP contribution is 2.27. The molecule has 0 saturated heterocycles. The van der Waals surface area contributed by atoms with Gasteiger partial charge >= 0.3 is 12.3 Å². The summed E-state index contributed by atoms with van der Waals surface area (Å²) in [7, 11) is 1.34. The van der Waals surface area contributed by atoms with Crippen molar-refractivity contribution in [3.63, 3.8) is 0 Å². The van der Waals surface area contributed by atoms with Crippen LogP contribution in [0.4, 0.5) is 13.2 Å². The van der Waals surface area contributed by atoms with Crippen LogP contribution in [0.25, 0.3) is 17.2 Å². The summed E-state index contributed by atoms with van der Waals surface area (Å²) in [5, 5.41) is 1.05. The molecule has 0 fully saturated rings. The molecule has 222 valence electrons. The number of ether oxygens (including phenoxy) is 2. The van der Waals surface area contributed by atoms with E-state index in [4.69, 9.17) is 32.9 Å². The predicted molar refractivity (Wildman–Crippen MR) is 163 cm³/mol. The number of hydrogen-bond acceptors (Lipinski definition) is 4. The second-order valence-electron chi connectivity index (χ2n) is 9.49. The van der Waals surface area contributed by atoms with Gasteiger partial charge in [0.1, 0.15) is 11.6 Å². The summed E-state index contributed by atoms with van der Waals surface area (Å²) >= 11 is 12.0. The standard InChI is InChI=1S/C33H27Cl2F3N2O3/c1-22(34)18-28(35)4-3-5-29-21-40(20-24-8-12-27(13-9-24)32(41)42-2)31(39-29)19-23-6-10-25(11-7-23)26-14-16-30(17-15-26)43-33(36,37)38/h3-18,21H,19-20H2,1-2H3/b5-3+,22-18+,28-4+. The van der Waals surface area contributed by atoms with Crippen LogP contribution in [0, 0.1) is 0 Å². The van der Waals surface area contributed by atoms with Crippen LogP contribution in [0.3, 0.4) is 0 Å². The number of esters is 1. The van der Waals surface area contributed by atoms with Crippen LogP contribution < -0.4 is 4.74 Å². The zero-order valence-corrected chi connectivity index (χ0v) is 24.8. The van der Waals surface area contributed by atoms with Gasteiger partial charge in [-0.3, -0.25) is 0 Å². The van der Waals surface area contributed by atoms with Gasteiger partial charge in [-0.1, -0.05) is 77.8 Å².